The molecular weight excluding hydrogens is 1840 g/mol. The topological polar surface area (TPSA) is 740 Å². The third-order valence-corrected chi connectivity index (χ3v) is 18.6. The summed E-state index contributed by atoms with van der Waals surface area (Å²) in [6.45, 7) is 6.84. The highest BCUT2D eigenvalue weighted by atomic mass is 16.5. The summed E-state index contributed by atoms with van der Waals surface area (Å²) < 4.78 is 19.1. The SMILES string of the molecule is CCOC(=O)c1c(O)cc(/C=C/c2ccc(O)c(C(=O)OCC)c2O)cc1O.CCOC(=O)c1c(O)cc(/C=C/c2ccc(O)c(O)c2)cc1O.CCOC(=O)c1c(O)cc(/C=C/c2ccc(O)cc2O)cc1O.O=C(O)c1c(O)cc(/C=C/c2ccc(O)c(C(=O)O)c2O)cc1O.O=C(O)c1c(O)cc(/C=C/c2ccc(O)c(O)c2)cc1O.O=C(O)c1c(O)cc(/C=C/c2ccc(O)cc2O)cc1O. The van der Waals surface area contributed by atoms with E-state index in [1.54, 1.807) is 58.1 Å². The fraction of sp³-hybridized carbons (Fsp3) is 0.0800. The molecule has 28 N–H and O–H groups in total. The largest absolute Gasteiger partial charge is 0.508 e. The van der Waals surface area contributed by atoms with Gasteiger partial charge in [-0.15, -0.1) is 0 Å². The van der Waals surface area contributed by atoms with Crippen molar-refractivity contribution >= 4 is 121 Å². The maximum absolute atomic E-state index is 11.9. The lowest BCUT2D eigenvalue weighted by Crippen LogP contribution is -2.06. The number of hydrogen-bond donors (Lipinski definition) is 28. The van der Waals surface area contributed by atoms with Crippen molar-refractivity contribution in [1.82, 2.24) is 0 Å². The smallest absolute Gasteiger partial charge is 0.345 e. The summed E-state index contributed by atoms with van der Waals surface area (Å²) in [4.78, 5) is 90.4. The average Bonchev–Trinajstić information content (AvgIpc) is 0.818. The molecule has 0 aliphatic heterocycles. The summed E-state index contributed by atoms with van der Waals surface area (Å²) in [6, 6.07) is 36.1. The highest BCUT2D eigenvalue weighted by molar-refractivity contribution is 6.02. The Morgan fingerprint density at radius 2 is 0.379 bits per heavy atom. The number of esters is 4. The van der Waals surface area contributed by atoms with Gasteiger partial charge in [0.1, 0.15) is 159 Å². The third kappa shape index (κ3) is 29.0. The van der Waals surface area contributed by atoms with Crippen LogP contribution in [0.2, 0.25) is 0 Å². The lowest BCUT2D eigenvalue weighted by atomic mass is 10.0. The zero-order valence-corrected chi connectivity index (χ0v) is 73.3. The van der Waals surface area contributed by atoms with Crippen molar-refractivity contribution < 1.29 is 200 Å². The zero-order valence-electron chi connectivity index (χ0n) is 73.3. The number of ether oxygens (including phenoxy) is 4. The van der Waals surface area contributed by atoms with Gasteiger partial charge in [-0.25, -0.2) is 38.4 Å². The van der Waals surface area contributed by atoms with Gasteiger partial charge in [0.25, 0.3) is 0 Å². The molecule has 0 fully saturated rings. The second-order valence-electron chi connectivity index (χ2n) is 28.5. The van der Waals surface area contributed by atoms with Crippen LogP contribution in [0.25, 0.3) is 72.9 Å². The predicted molar refractivity (Wildman–Crippen MR) is 502 cm³/mol. The number of rotatable bonds is 24. The lowest BCUT2D eigenvalue weighted by Gasteiger charge is -2.09. The van der Waals surface area contributed by atoms with Crippen LogP contribution in [0, 0.1) is 0 Å². The van der Waals surface area contributed by atoms with Crippen LogP contribution in [-0.2, 0) is 18.9 Å². The van der Waals surface area contributed by atoms with Gasteiger partial charge in [-0.05, 0) is 218 Å². The van der Waals surface area contributed by atoms with E-state index < -0.39 is 162 Å². The molecule has 0 spiro atoms. The van der Waals surface area contributed by atoms with Gasteiger partial charge in [0.05, 0.1) is 26.4 Å². The molecule has 0 aliphatic rings. The Morgan fingerprint density at radius 3 is 0.614 bits per heavy atom. The number of hydrogen-bond acceptors (Lipinski definition) is 36. The number of aromatic hydroxyl groups is 24. The molecule has 40 nitrogen and oxygen atoms in total. The second kappa shape index (κ2) is 49.0. The van der Waals surface area contributed by atoms with Crippen molar-refractivity contribution in [2.75, 3.05) is 26.4 Å². The molecule has 0 amide bonds. The Bertz CT molecular complexity index is 6750. The summed E-state index contributed by atoms with van der Waals surface area (Å²) in [5, 5.41) is 267. The molecule has 0 saturated heterocycles. The molecule has 0 aliphatic carbocycles. The normalized spacial score (nSPS) is 10.8. The van der Waals surface area contributed by atoms with E-state index >= 15 is 0 Å². The summed E-state index contributed by atoms with van der Waals surface area (Å²) in [5.74, 6) is -18.8. The lowest BCUT2D eigenvalue weighted by molar-refractivity contribution is 0.0509. The van der Waals surface area contributed by atoms with Gasteiger partial charge in [0, 0.05) is 34.4 Å². The van der Waals surface area contributed by atoms with Gasteiger partial charge in [0.15, 0.2) is 23.0 Å². The molecule has 0 aromatic heterocycles. The maximum atomic E-state index is 11.9. The Balaban J connectivity index is 0.000000229. The number of benzene rings is 12. The van der Waals surface area contributed by atoms with E-state index in [0.29, 0.717) is 50.1 Å². The number of carboxylic acid groups (broad SMARTS) is 4. The number of carbonyl (C=O) groups is 8. The molecule has 12 aromatic rings. The van der Waals surface area contributed by atoms with E-state index in [1.807, 2.05) is 0 Å². The van der Waals surface area contributed by atoms with Crippen LogP contribution in [-0.4, -0.2) is 217 Å². The van der Waals surface area contributed by atoms with Crippen molar-refractivity contribution in [1.29, 1.82) is 0 Å². The average molecular weight is 1930 g/mol. The molecule has 12 aromatic carbocycles. The van der Waals surface area contributed by atoms with Gasteiger partial charge in [-0.2, -0.15) is 0 Å². The Morgan fingerprint density at radius 1 is 0.186 bits per heavy atom. The van der Waals surface area contributed by atoms with Gasteiger partial charge in [-0.3, -0.25) is 0 Å². The van der Waals surface area contributed by atoms with E-state index in [0.717, 1.165) is 18.2 Å². The molecular formula is C100H88O40. The molecule has 728 valence electrons. The summed E-state index contributed by atoms with van der Waals surface area (Å²) >= 11 is 0. The number of carbonyl (C=O) groups excluding carboxylic acids is 4. The minimum absolute atomic E-state index is 0.0614. The first-order chi connectivity index (χ1) is 66.1. The first-order valence-corrected chi connectivity index (χ1v) is 40.4. The van der Waals surface area contributed by atoms with Crippen LogP contribution in [0.3, 0.4) is 0 Å². The van der Waals surface area contributed by atoms with E-state index in [2.05, 4.69) is 0 Å². The van der Waals surface area contributed by atoms with E-state index in [9.17, 15) is 161 Å². The van der Waals surface area contributed by atoms with Crippen molar-refractivity contribution in [3.63, 3.8) is 0 Å². The Kier molecular flexibility index (Phi) is 37.5. The van der Waals surface area contributed by atoms with Crippen LogP contribution in [0.1, 0.15) is 177 Å². The van der Waals surface area contributed by atoms with Gasteiger partial charge < -0.3 is 162 Å². The highest BCUT2D eigenvalue weighted by Crippen LogP contribution is 2.41. The van der Waals surface area contributed by atoms with Gasteiger partial charge in [-0.1, -0.05) is 85.0 Å². The second-order valence-corrected chi connectivity index (χ2v) is 28.5. The van der Waals surface area contributed by atoms with Crippen LogP contribution in [0.5, 0.6) is 138 Å². The molecule has 0 atom stereocenters. The van der Waals surface area contributed by atoms with Crippen molar-refractivity contribution in [2.45, 2.75) is 27.7 Å². The number of aromatic carboxylic acids is 4. The molecule has 140 heavy (non-hydrogen) atoms. The van der Waals surface area contributed by atoms with Crippen LogP contribution < -0.4 is 0 Å². The molecule has 0 saturated carbocycles. The molecule has 0 bridgehead atoms. The van der Waals surface area contributed by atoms with Crippen LogP contribution in [0.4, 0.5) is 0 Å². The first-order valence-electron chi connectivity index (χ1n) is 40.4. The number of carboxylic acids is 4. The van der Waals surface area contributed by atoms with Crippen LogP contribution in [0.15, 0.2) is 170 Å². The zero-order chi connectivity index (χ0) is 104. The van der Waals surface area contributed by atoms with E-state index in [4.69, 9.17) is 39.4 Å². The van der Waals surface area contributed by atoms with Crippen molar-refractivity contribution in [3.05, 3.63) is 281 Å². The third-order valence-electron chi connectivity index (χ3n) is 18.6. The summed E-state index contributed by atoms with van der Waals surface area (Å²) in [6.07, 6.45) is 17.7. The Labute approximate surface area is 790 Å². The van der Waals surface area contributed by atoms with Crippen molar-refractivity contribution in [2.24, 2.45) is 0 Å². The highest BCUT2D eigenvalue weighted by Gasteiger charge is 2.26. The molecule has 0 unspecified atom stereocenters. The summed E-state index contributed by atoms with van der Waals surface area (Å²) in [7, 11) is 0. The minimum atomic E-state index is -1.51. The molecule has 0 radical (unpaired) electrons. The number of phenols is 24. The van der Waals surface area contributed by atoms with Crippen LogP contribution >= 0.6 is 0 Å². The number of phenolic OH excluding ortho intramolecular Hbond substituents is 16. The van der Waals surface area contributed by atoms with Gasteiger partial charge in [0.2, 0.25) is 0 Å². The molecule has 0 heterocycles. The monoisotopic (exact) mass is 1930 g/mol. The van der Waals surface area contributed by atoms with E-state index in [1.165, 1.54) is 194 Å². The first kappa shape index (κ1) is 107. The predicted octanol–water partition coefficient (Wildman–Crippen LogP) is 15.6. The standard InChI is InChI=1S/C20H20O8.2C17H16O6.C16H12O8.2C15H12O6/c1-3-27-19(25)16-14(22)9-11(10-15(16)23)5-6-12-7-8-13(21)17(18(12)24)20(26)28-4-2;1-2-23-17(22)16-14(20)7-10(8-15(16)21)3-4-11-5-6-12(18)9-13(11)19;1-2-23-17(22)16-14(20)8-11(9-15(16)21)4-3-10-5-6-12(18)13(19)7-10;17-9-4-3-8(14(20)13(9)16(23)24)2-1-7-5-10(18)12(15(21)22)11(19)6-7;16-10-4-3-9(11(17)7-10)2-1-8-5-12(18)14(15(20)21)13(19)6-8;16-10-4-3-8(5-11(10)17)1-2-9-6-12(18)14(15(20)21)13(19)7-9/h5-10,21-24H,3-4H2,1-2H3;2*3-9,18-21H,2H2,1H3;1-6,17-20H,(H,21,22)(H,23,24);2*1-7,16-19H,(H,20,21)/b6-5+;2*4-3+;3*2-1+. The van der Waals surface area contributed by atoms with E-state index in [-0.39, 0.29) is 111 Å². The minimum Gasteiger partial charge on any atom is -0.508 e. The molecule has 12 rings (SSSR count). The van der Waals surface area contributed by atoms with Crippen molar-refractivity contribution in [3.8, 4) is 138 Å². The Hall–Kier alpha value is -20.0. The maximum Gasteiger partial charge on any atom is 0.345 e. The fourth-order valence-electron chi connectivity index (χ4n) is 12.1. The summed E-state index contributed by atoms with van der Waals surface area (Å²) in [5.41, 5.74) is 0.655. The van der Waals surface area contributed by atoms with Gasteiger partial charge >= 0.3 is 47.8 Å². The quantitative estimate of drug-likeness (QED) is 0.0116. The fourth-order valence-corrected chi connectivity index (χ4v) is 12.1. The molecule has 40 heteroatoms.